The van der Waals surface area contributed by atoms with Crippen LogP contribution in [0, 0.1) is 0 Å². The molecule has 0 aliphatic rings. The summed E-state index contributed by atoms with van der Waals surface area (Å²) in [6, 6.07) is 3.58. The topological polar surface area (TPSA) is 74.7 Å². The first-order chi connectivity index (χ1) is 8.84. The average molecular weight is 304 g/mol. The third-order valence-electron chi connectivity index (χ3n) is 2.48. The number of sulfonamides is 1. The first kappa shape index (κ1) is 15.7. The molecule has 1 aromatic carbocycles. The summed E-state index contributed by atoms with van der Waals surface area (Å²) in [5.41, 5.74) is -0.127. The molecule has 0 heterocycles. The molecule has 0 fully saturated rings. The van der Waals surface area contributed by atoms with Crippen molar-refractivity contribution >= 4 is 27.6 Å². The Balaban J connectivity index is 3.38. The van der Waals surface area contributed by atoms with Crippen LogP contribution >= 0.6 is 11.6 Å². The number of carbonyl (C=O) groups is 1. The average Bonchev–Trinajstić information content (AvgIpc) is 2.35. The van der Waals surface area contributed by atoms with Crippen molar-refractivity contribution in [3.05, 3.63) is 41.4 Å². The summed E-state index contributed by atoms with van der Waals surface area (Å²) in [4.78, 5) is 10.7. The standard InChI is InChI=1S/C12H14ClNO4S/c1-3-7-14(4-2)19(17,18)11-8-9(12(15)16)5-6-10(11)13/h3,5-6,8H,1,4,7H2,2H3,(H,15,16). The smallest absolute Gasteiger partial charge is 0.335 e. The van der Waals surface area contributed by atoms with Gasteiger partial charge in [-0.25, -0.2) is 13.2 Å². The molecule has 0 unspecified atom stereocenters. The Kier molecular flexibility index (Phi) is 5.11. The summed E-state index contributed by atoms with van der Waals surface area (Å²) in [5.74, 6) is -1.21. The van der Waals surface area contributed by atoms with E-state index in [4.69, 9.17) is 16.7 Å². The van der Waals surface area contributed by atoms with Gasteiger partial charge in [0.15, 0.2) is 0 Å². The van der Waals surface area contributed by atoms with E-state index in [1.165, 1.54) is 18.2 Å². The molecule has 1 aromatic rings. The minimum atomic E-state index is -3.83. The molecule has 0 aliphatic carbocycles. The fourth-order valence-electron chi connectivity index (χ4n) is 1.51. The third-order valence-corrected chi connectivity index (χ3v) is 4.90. The van der Waals surface area contributed by atoms with Crippen LogP contribution < -0.4 is 0 Å². The van der Waals surface area contributed by atoms with Crippen LogP contribution in [0.1, 0.15) is 17.3 Å². The summed E-state index contributed by atoms with van der Waals surface area (Å²) in [6.45, 7) is 5.54. The van der Waals surface area contributed by atoms with Gasteiger partial charge in [0.1, 0.15) is 4.90 Å². The number of carboxylic acids is 1. The maximum atomic E-state index is 12.3. The molecular weight excluding hydrogens is 290 g/mol. The van der Waals surface area contributed by atoms with Gasteiger partial charge in [-0.1, -0.05) is 24.6 Å². The highest BCUT2D eigenvalue weighted by Crippen LogP contribution is 2.25. The Labute approximate surface area is 117 Å². The Morgan fingerprint density at radius 1 is 1.53 bits per heavy atom. The number of halogens is 1. The van der Waals surface area contributed by atoms with Gasteiger partial charge in [0.25, 0.3) is 0 Å². The maximum absolute atomic E-state index is 12.3. The molecule has 1 N–H and O–H groups in total. The van der Waals surface area contributed by atoms with Crippen LogP contribution in [0.25, 0.3) is 0 Å². The van der Waals surface area contributed by atoms with Gasteiger partial charge >= 0.3 is 5.97 Å². The number of rotatable bonds is 6. The van der Waals surface area contributed by atoms with Crippen LogP contribution in [0.4, 0.5) is 0 Å². The zero-order chi connectivity index (χ0) is 14.6. The van der Waals surface area contributed by atoms with Crippen LogP contribution in [-0.2, 0) is 10.0 Å². The first-order valence-electron chi connectivity index (χ1n) is 5.48. The summed E-state index contributed by atoms with van der Waals surface area (Å²) in [7, 11) is -3.83. The van der Waals surface area contributed by atoms with E-state index in [9.17, 15) is 13.2 Å². The van der Waals surface area contributed by atoms with Gasteiger partial charge in [0.05, 0.1) is 10.6 Å². The van der Waals surface area contributed by atoms with Crippen molar-refractivity contribution in [2.24, 2.45) is 0 Å². The SMILES string of the molecule is C=CCN(CC)S(=O)(=O)c1cc(C(=O)O)ccc1Cl. The zero-order valence-corrected chi connectivity index (χ0v) is 11.9. The van der Waals surface area contributed by atoms with Gasteiger partial charge in [-0.15, -0.1) is 6.58 Å². The van der Waals surface area contributed by atoms with Crippen molar-refractivity contribution in [3.63, 3.8) is 0 Å². The minimum Gasteiger partial charge on any atom is -0.478 e. The van der Waals surface area contributed by atoms with E-state index in [-0.39, 0.29) is 28.6 Å². The summed E-state index contributed by atoms with van der Waals surface area (Å²) in [5, 5.41) is 8.89. The van der Waals surface area contributed by atoms with E-state index >= 15 is 0 Å². The van der Waals surface area contributed by atoms with E-state index in [1.54, 1.807) is 6.92 Å². The molecule has 0 saturated heterocycles. The van der Waals surface area contributed by atoms with Crippen molar-refractivity contribution in [1.82, 2.24) is 4.31 Å². The van der Waals surface area contributed by atoms with E-state index in [2.05, 4.69) is 6.58 Å². The number of hydrogen-bond donors (Lipinski definition) is 1. The van der Waals surface area contributed by atoms with Crippen molar-refractivity contribution in [3.8, 4) is 0 Å². The second kappa shape index (κ2) is 6.18. The Hall–Kier alpha value is -1.37. The molecule has 0 aliphatic heterocycles. The molecule has 5 nitrogen and oxygen atoms in total. The molecule has 0 radical (unpaired) electrons. The fraction of sp³-hybridized carbons (Fsp3) is 0.250. The fourth-order valence-corrected chi connectivity index (χ4v) is 3.43. The van der Waals surface area contributed by atoms with Crippen molar-refractivity contribution < 1.29 is 18.3 Å². The molecule has 0 amide bonds. The van der Waals surface area contributed by atoms with Crippen LogP contribution in [0.2, 0.25) is 5.02 Å². The molecule has 0 atom stereocenters. The normalized spacial score (nSPS) is 11.5. The van der Waals surface area contributed by atoms with Gasteiger partial charge in [-0.2, -0.15) is 4.31 Å². The zero-order valence-electron chi connectivity index (χ0n) is 10.3. The number of carboxylic acid groups (broad SMARTS) is 1. The van der Waals surface area contributed by atoms with Gasteiger partial charge in [0.2, 0.25) is 10.0 Å². The monoisotopic (exact) mass is 303 g/mol. The van der Waals surface area contributed by atoms with Gasteiger partial charge in [0, 0.05) is 13.1 Å². The number of likely N-dealkylation sites (N-methyl/N-ethyl adjacent to an activating group) is 1. The van der Waals surface area contributed by atoms with E-state index < -0.39 is 16.0 Å². The summed E-state index contributed by atoms with van der Waals surface area (Å²) >= 11 is 5.86. The third kappa shape index (κ3) is 3.34. The molecule has 1 rings (SSSR count). The Morgan fingerprint density at radius 3 is 2.63 bits per heavy atom. The highest BCUT2D eigenvalue weighted by Gasteiger charge is 2.25. The van der Waals surface area contributed by atoms with Crippen molar-refractivity contribution in [1.29, 1.82) is 0 Å². The number of nitrogens with zero attached hydrogens (tertiary/aromatic N) is 1. The van der Waals surface area contributed by atoms with Crippen LogP contribution in [-0.4, -0.2) is 36.9 Å². The lowest BCUT2D eigenvalue weighted by molar-refractivity contribution is 0.0696. The number of benzene rings is 1. The van der Waals surface area contributed by atoms with Crippen molar-refractivity contribution in [2.75, 3.05) is 13.1 Å². The molecule has 7 heteroatoms. The second-order valence-electron chi connectivity index (χ2n) is 3.69. The van der Waals surface area contributed by atoms with Crippen LogP contribution in [0.15, 0.2) is 35.7 Å². The minimum absolute atomic E-state index is 0.00693. The lowest BCUT2D eigenvalue weighted by Gasteiger charge is -2.19. The second-order valence-corrected chi connectivity index (χ2v) is 6.01. The van der Waals surface area contributed by atoms with E-state index in [1.807, 2.05) is 0 Å². The highest BCUT2D eigenvalue weighted by atomic mass is 35.5. The Morgan fingerprint density at radius 2 is 2.16 bits per heavy atom. The number of aromatic carboxylic acids is 1. The lowest BCUT2D eigenvalue weighted by Crippen LogP contribution is -2.31. The predicted octanol–water partition coefficient (Wildman–Crippen LogP) is 2.23. The van der Waals surface area contributed by atoms with E-state index in [0.717, 1.165) is 10.4 Å². The first-order valence-corrected chi connectivity index (χ1v) is 7.30. The van der Waals surface area contributed by atoms with Gasteiger partial charge < -0.3 is 5.11 Å². The molecule has 104 valence electrons. The predicted molar refractivity (Wildman–Crippen MR) is 73.0 cm³/mol. The van der Waals surface area contributed by atoms with Gasteiger partial charge in [-0.05, 0) is 18.2 Å². The Bertz CT molecular complexity index is 598. The van der Waals surface area contributed by atoms with Crippen molar-refractivity contribution in [2.45, 2.75) is 11.8 Å². The molecule has 0 aromatic heterocycles. The van der Waals surface area contributed by atoms with Crippen LogP contribution in [0.3, 0.4) is 0 Å². The molecule has 19 heavy (non-hydrogen) atoms. The van der Waals surface area contributed by atoms with Gasteiger partial charge in [-0.3, -0.25) is 0 Å². The van der Waals surface area contributed by atoms with E-state index in [0.29, 0.717) is 0 Å². The summed E-state index contributed by atoms with van der Waals surface area (Å²) in [6.07, 6.45) is 1.45. The maximum Gasteiger partial charge on any atom is 0.335 e. The molecule has 0 spiro atoms. The number of hydrogen-bond acceptors (Lipinski definition) is 3. The molecule has 0 saturated carbocycles. The quantitative estimate of drug-likeness (QED) is 0.818. The molecule has 0 bridgehead atoms. The van der Waals surface area contributed by atoms with Crippen LogP contribution in [0.5, 0.6) is 0 Å². The summed E-state index contributed by atoms with van der Waals surface area (Å²) < 4.78 is 25.9. The highest BCUT2D eigenvalue weighted by molar-refractivity contribution is 7.89. The lowest BCUT2D eigenvalue weighted by atomic mass is 10.2. The molecular formula is C12H14ClNO4S. The largest absolute Gasteiger partial charge is 0.478 e.